The molecule has 6 rings (SSSR count). The Kier molecular flexibility index (Phi) is 5.74. The normalized spacial score (nSPS) is 12.0. The van der Waals surface area contributed by atoms with Crippen LogP contribution in [0.2, 0.25) is 0 Å². The highest BCUT2D eigenvalue weighted by Gasteiger charge is 2.33. The first-order chi connectivity index (χ1) is 18.0. The van der Waals surface area contributed by atoms with Gasteiger partial charge < -0.3 is 19.8 Å². The zero-order valence-corrected chi connectivity index (χ0v) is 20.8. The first-order valence-corrected chi connectivity index (χ1v) is 12.4. The largest absolute Gasteiger partial charge is 0.395 e. The van der Waals surface area contributed by atoms with Gasteiger partial charge in [0.1, 0.15) is 5.52 Å². The number of aromatic nitrogens is 1. The second kappa shape index (κ2) is 9.22. The van der Waals surface area contributed by atoms with Gasteiger partial charge in [0.2, 0.25) is 0 Å². The predicted octanol–water partition coefficient (Wildman–Crippen LogP) is 6.40. The molecule has 5 aromatic rings. The Hall–Kier alpha value is -4.42. The van der Waals surface area contributed by atoms with E-state index in [4.69, 9.17) is 4.52 Å². The fraction of sp³-hybridized carbons (Fsp3) is 0.161. The maximum atomic E-state index is 13.9. The third kappa shape index (κ3) is 3.96. The summed E-state index contributed by atoms with van der Waals surface area (Å²) in [5.74, 6) is 0.530. The van der Waals surface area contributed by atoms with E-state index in [0.29, 0.717) is 46.6 Å². The number of nitrogens with zero attached hydrogens (tertiary/aromatic N) is 2. The molecule has 1 heterocycles. The molecule has 0 unspecified atom stereocenters. The Morgan fingerprint density at radius 2 is 1.68 bits per heavy atom. The van der Waals surface area contributed by atoms with E-state index >= 15 is 0 Å². The van der Waals surface area contributed by atoms with Crippen molar-refractivity contribution in [2.24, 2.45) is 0 Å². The van der Waals surface area contributed by atoms with Gasteiger partial charge in [-0.1, -0.05) is 71.9 Å². The van der Waals surface area contributed by atoms with Crippen molar-refractivity contribution in [1.29, 1.82) is 0 Å². The van der Waals surface area contributed by atoms with E-state index < -0.39 is 0 Å². The zero-order chi connectivity index (χ0) is 25.5. The number of rotatable bonds is 7. The van der Waals surface area contributed by atoms with Crippen molar-refractivity contribution in [3.8, 4) is 11.3 Å². The summed E-state index contributed by atoms with van der Waals surface area (Å²) in [6.07, 6.45) is 0. The fourth-order valence-corrected chi connectivity index (χ4v) is 5.11. The van der Waals surface area contributed by atoms with Crippen molar-refractivity contribution < 1.29 is 14.4 Å². The molecule has 0 spiro atoms. The lowest BCUT2D eigenvalue weighted by Crippen LogP contribution is -2.27. The molecule has 0 fully saturated rings. The molecule has 184 valence electrons. The van der Waals surface area contributed by atoms with Crippen LogP contribution in [0, 0.1) is 13.8 Å². The van der Waals surface area contributed by atoms with E-state index in [-0.39, 0.29) is 12.4 Å². The highest BCUT2D eigenvalue weighted by molar-refractivity contribution is 6.28. The third-order valence-electron chi connectivity index (χ3n) is 6.97. The van der Waals surface area contributed by atoms with Crippen LogP contribution < -0.4 is 10.2 Å². The van der Waals surface area contributed by atoms with Gasteiger partial charge in [0.25, 0.3) is 0 Å². The van der Waals surface area contributed by atoms with Crippen molar-refractivity contribution in [3.63, 3.8) is 0 Å². The van der Waals surface area contributed by atoms with Crippen LogP contribution >= 0.6 is 0 Å². The van der Waals surface area contributed by atoms with E-state index in [2.05, 4.69) is 45.7 Å². The average molecular weight is 490 g/mol. The number of carbonyl (C=O) groups is 1. The third-order valence-corrected chi connectivity index (χ3v) is 6.97. The zero-order valence-electron chi connectivity index (χ0n) is 20.8. The molecular weight excluding hydrogens is 462 g/mol. The van der Waals surface area contributed by atoms with Gasteiger partial charge >= 0.3 is 0 Å². The summed E-state index contributed by atoms with van der Waals surface area (Å²) in [5.41, 5.74) is 8.24. The molecule has 2 N–H and O–H groups in total. The van der Waals surface area contributed by atoms with E-state index in [9.17, 15) is 9.90 Å². The summed E-state index contributed by atoms with van der Waals surface area (Å²) in [5, 5.41) is 18.7. The average Bonchev–Trinajstić information content (AvgIpc) is 3.35. The van der Waals surface area contributed by atoms with Crippen LogP contribution in [0.4, 0.5) is 17.1 Å². The Morgan fingerprint density at radius 3 is 2.46 bits per heavy atom. The highest BCUT2D eigenvalue weighted by atomic mass is 16.5. The molecule has 1 aromatic heterocycles. The van der Waals surface area contributed by atoms with Gasteiger partial charge in [0, 0.05) is 29.9 Å². The standard InChI is InChI=1S/C31H27N3O3/c1-19-12-13-20(2)24(16-19)32-25-17-26(34(14-15-35)18-21-8-4-3-5-9-21)29-28-27(25)30(36)22-10-6-7-11-23(22)31(28)37-33-29/h3-13,16-17,32,35H,14-15,18H2,1-2H3. The van der Waals surface area contributed by atoms with Crippen molar-refractivity contribution in [1.82, 2.24) is 5.16 Å². The predicted molar refractivity (Wildman–Crippen MR) is 147 cm³/mol. The lowest BCUT2D eigenvalue weighted by molar-refractivity contribution is 0.104. The molecule has 4 aromatic carbocycles. The molecule has 0 aliphatic heterocycles. The molecule has 1 aliphatic rings. The smallest absolute Gasteiger partial charge is 0.196 e. The Balaban J connectivity index is 1.60. The van der Waals surface area contributed by atoms with Gasteiger partial charge in [-0.25, -0.2) is 0 Å². The quantitative estimate of drug-likeness (QED) is 0.270. The lowest BCUT2D eigenvalue weighted by Gasteiger charge is -2.27. The molecule has 0 saturated carbocycles. The van der Waals surface area contributed by atoms with E-state index in [1.54, 1.807) is 0 Å². The van der Waals surface area contributed by atoms with E-state index in [1.807, 2.05) is 62.4 Å². The molecular formula is C31H27N3O3. The fourth-order valence-electron chi connectivity index (χ4n) is 5.11. The summed E-state index contributed by atoms with van der Waals surface area (Å²) in [6, 6.07) is 25.8. The number of nitrogens with one attached hydrogen (secondary N) is 1. The second-order valence-electron chi connectivity index (χ2n) is 9.50. The van der Waals surface area contributed by atoms with Crippen LogP contribution in [0.3, 0.4) is 0 Å². The summed E-state index contributed by atoms with van der Waals surface area (Å²) in [4.78, 5) is 16.0. The number of anilines is 3. The first-order valence-electron chi connectivity index (χ1n) is 12.4. The minimum atomic E-state index is -0.0626. The van der Waals surface area contributed by atoms with Crippen LogP contribution in [0.15, 0.2) is 83.4 Å². The number of ketones is 1. The summed E-state index contributed by atoms with van der Waals surface area (Å²) < 4.78 is 5.92. The Bertz CT molecular complexity index is 1640. The van der Waals surface area contributed by atoms with Crippen molar-refractivity contribution in [3.05, 3.63) is 107 Å². The summed E-state index contributed by atoms with van der Waals surface area (Å²) in [7, 11) is 0. The lowest BCUT2D eigenvalue weighted by atomic mass is 9.86. The minimum Gasteiger partial charge on any atom is -0.395 e. The molecule has 37 heavy (non-hydrogen) atoms. The van der Waals surface area contributed by atoms with Gasteiger partial charge in [-0.2, -0.15) is 0 Å². The van der Waals surface area contributed by atoms with Crippen molar-refractivity contribution in [2.45, 2.75) is 20.4 Å². The first kappa shape index (κ1) is 23.0. The number of aliphatic hydroxyl groups is 1. The molecule has 6 heteroatoms. The molecule has 0 amide bonds. The maximum Gasteiger partial charge on any atom is 0.196 e. The van der Waals surface area contributed by atoms with Crippen LogP contribution in [0.5, 0.6) is 0 Å². The number of hydrogen-bond acceptors (Lipinski definition) is 6. The number of carbonyl (C=O) groups excluding carboxylic acids is 1. The SMILES string of the molecule is Cc1ccc(C)c(Nc2cc(N(CCO)Cc3ccccc3)c3noc4c3c2C(=O)c2ccccc2-4)c1. The van der Waals surface area contributed by atoms with Gasteiger partial charge in [-0.15, -0.1) is 0 Å². The maximum absolute atomic E-state index is 13.9. The summed E-state index contributed by atoms with van der Waals surface area (Å²) >= 11 is 0. The van der Waals surface area contributed by atoms with Gasteiger partial charge in [0.05, 0.1) is 28.9 Å². The van der Waals surface area contributed by atoms with Crippen molar-refractivity contribution >= 4 is 33.7 Å². The number of aryl methyl sites for hydroxylation is 2. The Morgan fingerprint density at radius 1 is 0.919 bits per heavy atom. The minimum absolute atomic E-state index is 0.0255. The molecule has 1 aliphatic carbocycles. The van der Waals surface area contributed by atoms with Gasteiger partial charge in [-0.05, 0) is 42.7 Å². The molecule has 0 atom stereocenters. The molecule has 0 bridgehead atoms. The van der Waals surface area contributed by atoms with Crippen LogP contribution in [-0.4, -0.2) is 29.2 Å². The molecule has 6 nitrogen and oxygen atoms in total. The van der Waals surface area contributed by atoms with E-state index in [1.165, 1.54) is 0 Å². The van der Waals surface area contributed by atoms with Crippen molar-refractivity contribution in [2.75, 3.05) is 23.4 Å². The molecule has 0 saturated heterocycles. The van der Waals surface area contributed by atoms with Crippen LogP contribution in [0.1, 0.15) is 32.6 Å². The second-order valence-corrected chi connectivity index (χ2v) is 9.50. The number of hydrogen-bond donors (Lipinski definition) is 2. The number of aliphatic hydroxyl groups excluding tert-OH is 1. The molecule has 0 radical (unpaired) electrons. The summed E-state index contributed by atoms with van der Waals surface area (Å²) in [6.45, 7) is 5.04. The van der Waals surface area contributed by atoms with Crippen LogP contribution in [-0.2, 0) is 6.54 Å². The van der Waals surface area contributed by atoms with Gasteiger partial charge in [-0.3, -0.25) is 4.79 Å². The van der Waals surface area contributed by atoms with Gasteiger partial charge in [0.15, 0.2) is 11.5 Å². The number of fused-ring (bicyclic) bond motifs is 2. The monoisotopic (exact) mass is 489 g/mol. The Labute approximate surface area is 215 Å². The number of benzene rings is 4. The van der Waals surface area contributed by atoms with Crippen LogP contribution in [0.25, 0.3) is 22.2 Å². The highest BCUT2D eigenvalue weighted by Crippen LogP contribution is 2.46. The van der Waals surface area contributed by atoms with E-state index in [0.717, 1.165) is 33.6 Å². The topological polar surface area (TPSA) is 78.6 Å².